The third-order valence-corrected chi connectivity index (χ3v) is 6.81. The van der Waals surface area contributed by atoms with E-state index < -0.39 is 28.6 Å². The molecule has 1 aliphatic carbocycles. The summed E-state index contributed by atoms with van der Waals surface area (Å²) in [7, 11) is -2.30. The van der Waals surface area contributed by atoms with E-state index in [-0.39, 0.29) is 40.5 Å². The molecule has 0 spiro atoms. The third kappa shape index (κ3) is 3.44. The number of ketones is 1. The molecule has 4 rings (SSSR count). The molecule has 1 aromatic carbocycles. The molecule has 0 fully saturated rings. The molecule has 2 aromatic rings. The van der Waals surface area contributed by atoms with Gasteiger partial charge < -0.3 is 4.90 Å². The SMILES string of the molecule is CN1C(=O)N(c2cc(CF)ccn2)C2=C(C(=O)CC2)C1c1ccc(C#N)cc1S(C)(=O)=O. The fraction of sp³-hybridized carbons (Fsp3) is 0.273. The van der Waals surface area contributed by atoms with Crippen LogP contribution < -0.4 is 4.90 Å². The number of pyridine rings is 1. The number of carbonyl (C=O) groups excluding carboxylic acids is 2. The van der Waals surface area contributed by atoms with Crippen molar-refractivity contribution in [2.45, 2.75) is 30.5 Å². The molecule has 10 heteroatoms. The maximum atomic E-state index is 13.4. The molecule has 0 radical (unpaired) electrons. The highest BCUT2D eigenvalue weighted by atomic mass is 32.2. The Balaban J connectivity index is 1.95. The molecule has 164 valence electrons. The molecule has 0 saturated carbocycles. The van der Waals surface area contributed by atoms with Gasteiger partial charge in [0.1, 0.15) is 12.5 Å². The van der Waals surface area contributed by atoms with Gasteiger partial charge >= 0.3 is 6.03 Å². The molecule has 2 heterocycles. The predicted octanol–water partition coefficient (Wildman–Crippen LogP) is 3.06. The van der Waals surface area contributed by atoms with Crippen LogP contribution in [0.4, 0.5) is 15.0 Å². The zero-order valence-corrected chi connectivity index (χ0v) is 18.2. The van der Waals surface area contributed by atoms with Crippen LogP contribution in [0.5, 0.6) is 0 Å². The molecular weight excluding hydrogens is 435 g/mol. The van der Waals surface area contributed by atoms with E-state index in [1.54, 1.807) is 0 Å². The highest BCUT2D eigenvalue weighted by Gasteiger charge is 2.46. The van der Waals surface area contributed by atoms with Crippen LogP contribution in [-0.4, -0.2) is 43.4 Å². The van der Waals surface area contributed by atoms with Crippen LogP contribution in [0.25, 0.3) is 0 Å². The summed E-state index contributed by atoms with van der Waals surface area (Å²) in [4.78, 5) is 33.0. The maximum Gasteiger partial charge on any atom is 0.330 e. The van der Waals surface area contributed by atoms with Crippen LogP contribution in [0.15, 0.2) is 52.7 Å². The lowest BCUT2D eigenvalue weighted by Gasteiger charge is -2.40. The second-order valence-electron chi connectivity index (χ2n) is 7.71. The summed E-state index contributed by atoms with van der Waals surface area (Å²) in [5.74, 6) is -0.0133. The number of benzene rings is 1. The summed E-state index contributed by atoms with van der Waals surface area (Å²) >= 11 is 0. The Morgan fingerprint density at radius 3 is 2.62 bits per heavy atom. The number of allylic oxidation sites excluding steroid dienone is 1. The third-order valence-electron chi connectivity index (χ3n) is 5.65. The van der Waals surface area contributed by atoms with Gasteiger partial charge in [0.05, 0.1) is 22.6 Å². The van der Waals surface area contributed by atoms with Crippen LogP contribution in [0.1, 0.15) is 35.6 Å². The standard InChI is InChI=1S/C22H19FN4O4S/c1-26-21(15-4-3-14(12-24)9-18(15)32(2,30)31)20-16(5-6-17(20)28)27(22(26)29)19-10-13(11-23)7-8-25-19/h3-4,7-10,21H,5-6,11H2,1-2H3. The molecule has 32 heavy (non-hydrogen) atoms. The van der Waals surface area contributed by atoms with E-state index in [0.29, 0.717) is 16.8 Å². The number of hydrogen-bond acceptors (Lipinski definition) is 6. The maximum absolute atomic E-state index is 13.4. The molecule has 0 N–H and O–H groups in total. The van der Waals surface area contributed by atoms with Gasteiger partial charge in [-0.1, -0.05) is 6.07 Å². The monoisotopic (exact) mass is 454 g/mol. The van der Waals surface area contributed by atoms with Crippen molar-refractivity contribution in [1.82, 2.24) is 9.88 Å². The number of aromatic nitrogens is 1. The van der Waals surface area contributed by atoms with E-state index in [1.807, 2.05) is 6.07 Å². The minimum absolute atomic E-state index is 0.112. The number of urea groups is 1. The molecule has 1 aliphatic heterocycles. The molecule has 1 unspecified atom stereocenters. The molecule has 0 bridgehead atoms. The van der Waals surface area contributed by atoms with Crippen molar-refractivity contribution in [3.63, 3.8) is 0 Å². The Morgan fingerprint density at radius 2 is 1.97 bits per heavy atom. The van der Waals surface area contributed by atoms with Crippen molar-refractivity contribution >= 4 is 27.5 Å². The first-order valence-electron chi connectivity index (χ1n) is 9.75. The Kier molecular flexibility index (Phi) is 5.30. The normalized spacial score (nSPS) is 18.8. The van der Waals surface area contributed by atoms with Crippen molar-refractivity contribution in [2.75, 3.05) is 18.2 Å². The first kappa shape index (κ1) is 21.6. The van der Waals surface area contributed by atoms with Gasteiger partial charge in [0.2, 0.25) is 0 Å². The van der Waals surface area contributed by atoms with Crippen LogP contribution in [-0.2, 0) is 21.3 Å². The predicted molar refractivity (Wildman–Crippen MR) is 113 cm³/mol. The quantitative estimate of drug-likeness (QED) is 0.702. The zero-order chi connectivity index (χ0) is 23.2. The Hall–Kier alpha value is -3.58. The van der Waals surface area contributed by atoms with Crippen molar-refractivity contribution in [2.24, 2.45) is 0 Å². The number of rotatable bonds is 4. The zero-order valence-electron chi connectivity index (χ0n) is 17.4. The number of nitriles is 1. The number of alkyl halides is 1. The molecule has 2 aliphatic rings. The van der Waals surface area contributed by atoms with E-state index >= 15 is 0 Å². The second kappa shape index (κ2) is 7.84. The summed E-state index contributed by atoms with van der Waals surface area (Å²) < 4.78 is 38.2. The lowest BCUT2D eigenvalue weighted by molar-refractivity contribution is -0.115. The first-order valence-corrected chi connectivity index (χ1v) is 11.6. The van der Waals surface area contributed by atoms with Crippen molar-refractivity contribution in [3.8, 4) is 6.07 Å². The van der Waals surface area contributed by atoms with E-state index in [9.17, 15) is 27.7 Å². The summed E-state index contributed by atoms with van der Waals surface area (Å²) in [6, 6.07) is 7.58. The summed E-state index contributed by atoms with van der Waals surface area (Å²) in [6.07, 6.45) is 2.84. The van der Waals surface area contributed by atoms with Gasteiger partial charge in [-0.3, -0.25) is 4.79 Å². The van der Waals surface area contributed by atoms with Crippen LogP contribution in [0.3, 0.4) is 0 Å². The van der Waals surface area contributed by atoms with Gasteiger partial charge in [-0.15, -0.1) is 0 Å². The fourth-order valence-corrected chi connectivity index (χ4v) is 5.15. The lowest BCUT2D eigenvalue weighted by atomic mass is 9.93. The Labute approximate surface area is 184 Å². The number of hydrogen-bond donors (Lipinski definition) is 0. The average Bonchev–Trinajstić information content (AvgIpc) is 3.14. The number of Topliss-reactive ketones (excluding diaryl/α,β-unsaturated/α-hetero) is 1. The average molecular weight is 454 g/mol. The topological polar surface area (TPSA) is 111 Å². The van der Waals surface area contributed by atoms with Gasteiger partial charge in [0, 0.05) is 37.2 Å². The molecule has 0 saturated heterocycles. The Morgan fingerprint density at radius 1 is 1.22 bits per heavy atom. The molecule has 1 aromatic heterocycles. The number of likely N-dealkylation sites (N-methyl/N-ethyl adjacent to an activating group) is 1. The van der Waals surface area contributed by atoms with Crippen molar-refractivity contribution in [3.05, 3.63) is 64.5 Å². The van der Waals surface area contributed by atoms with Gasteiger partial charge in [-0.05, 0) is 41.8 Å². The largest absolute Gasteiger partial charge is 0.330 e. The van der Waals surface area contributed by atoms with Gasteiger partial charge in [-0.25, -0.2) is 27.5 Å². The van der Waals surface area contributed by atoms with E-state index in [2.05, 4.69) is 4.98 Å². The van der Waals surface area contributed by atoms with E-state index in [4.69, 9.17) is 0 Å². The molecule has 2 amide bonds. The van der Waals surface area contributed by atoms with E-state index in [0.717, 1.165) is 6.26 Å². The van der Waals surface area contributed by atoms with E-state index in [1.165, 1.54) is 53.4 Å². The van der Waals surface area contributed by atoms with Gasteiger partial charge in [0.15, 0.2) is 15.6 Å². The minimum atomic E-state index is -3.77. The van der Waals surface area contributed by atoms with Crippen LogP contribution >= 0.6 is 0 Å². The number of amides is 2. The second-order valence-corrected chi connectivity index (χ2v) is 9.69. The summed E-state index contributed by atoms with van der Waals surface area (Å²) in [6.45, 7) is -0.732. The van der Waals surface area contributed by atoms with Crippen LogP contribution in [0, 0.1) is 11.3 Å². The summed E-state index contributed by atoms with van der Waals surface area (Å²) in [5.41, 5.74) is 1.46. The minimum Gasteiger partial charge on any atom is -0.316 e. The van der Waals surface area contributed by atoms with Crippen molar-refractivity contribution < 1.29 is 22.4 Å². The first-order chi connectivity index (χ1) is 15.2. The summed E-state index contributed by atoms with van der Waals surface area (Å²) in [5, 5.41) is 9.21. The number of carbonyl (C=O) groups is 2. The van der Waals surface area contributed by atoms with Gasteiger partial charge in [-0.2, -0.15) is 5.26 Å². The number of sulfone groups is 1. The fourth-order valence-electron chi connectivity index (χ4n) is 4.20. The number of halogens is 1. The molecular formula is C22H19FN4O4S. The molecule has 8 nitrogen and oxygen atoms in total. The Bertz CT molecular complexity index is 1330. The van der Waals surface area contributed by atoms with Crippen LogP contribution in [0.2, 0.25) is 0 Å². The number of nitrogens with zero attached hydrogens (tertiary/aromatic N) is 4. The highest BCUT2D eigenvalue weighted by Crippen LogP contribution is 2.45. The molecule has 1 atom stereocenters. The van der Waals surface area contributed by atoms with Gasteiger partial charge in [0.25, 0.3) is 0 Å². The highest BCUT2D eigenvalue weighted by molar-refractivity contribution is 7.90. The smallest absolute Gasteiger partial charge is 0.316 e. The van der Waals surface area contributed by atoms with Crippen molar-refractivity contribution in [1.29, 1.82) is 5.26 Å². The lowest BCUT2D eigenvalue weighted by Crippen LogP contribution is -2.48. The number of anilines is 1.